The van der Waals surface area contributed by atoms with Gasteiger partial charge in [-0.15, -0.1) is 0 Å². The smallest absolute Gasteiger partial charge is 0.326 e. The third-order valence-electron chi connectivity index (χ3n) is 4.25. The molecule has 30 heavy (non-hydrogen) atoms. The minimum absolute atomic E-state index is 0.0685. The van der Waals surface area contributed by atoms with Crippen LogP contribution in [0.25, 0.3) is 0 Å². The summed E-state index contributed by atoms with van der Waals surface area (Å²) in [7, 11) is 0. The number of hydrogen-bond donors (Lipinski definition) is 3. The summed E-state index contributed by atoms with van der Waals surface area (Å²) in [6.07, 6.45) is -0.397. The van der Waals surface area contributed by atoms with Crippen molar-refractivity contribution >= 4 is 23.5 Å². The molecule has 158 valence electrons. The molecule has 0 fully saturated rings. The number of rotatable bonds is 9. The molecule has 3 N–H and O–H groups in total. The van der Waals surface area contributed by atoms with Gasteiger partial charge in [-0.3, -0.25) is 19.7 Å². The summed E-state index contributed by atoms with van der Waals surface area (Å²) < 4.78 is 13.4. The number of hydrogen-bond acceptors (Lipinski definition) is 5. The summed E-state index contributed by atoms with van der Waals surface area (Å²) in [6.45, 7) is 1.19. The van der Waals surface area contributed by atoms with E-state index in [1.165, 1.54) is 49.4 Å². The Bertz CT molecular complexity index is 965. The number of nitrogens with zero attached hydrogens (tertiary/aromatic N) is 1. The molecule has 0 aliphatic rings. The summed E-state index contributed by atoms with van der Waals surface area (Å²) in [5.74, 6) is -3.25. The van der Waals surface area contributed by atoms with E-state index in [0.717, 1.165) is 0 Å². The predicted octanol–water partition coefficient (Wildman–Crippen LogP) is 1.59. The Morgan fingerprint density at radius 3 is 2.37 bits per heavy atom. The van der Waals surface area contributed by atoms with Crippen molar-refractivity contribution in [3.05, 3.63) is 75.6 Å². The monoisotopic (exact) mass is 417 g/mol. The molecule has 0 aliphatic carbocycles. The van der Waals surface area contributed by atoms with E-state index in [9.17, 15) is 34.0 Å². The molecule has 2 aromatic carbocycles. The van der Waals surface area contributed by atoms with Crippen LogP contribution in [-0.2, 0) is 27.2 Å². The van der Waals surface area contributed by atoms with E-state index in [4.69, 9.17) is 0 Å². The lowest BCUT2D eigenvalue weighted by molar-refractivity contribution is -0.385. The molecule has 2 aromatic rings. The molecule has 0 heterocycles. The van der Waals surface area contributed by atoms with E-state index < -0.39 is 40.6 Å². The highest BCUT2D eigenvalue weighted by Gasteiger charge is 2.28. The maximum Gasteiger partial charge on any atom is 0.326 e. The zero-order valence-corrected chi connectivity index (χ0v) is 16.0. The van der Waals surface area contributed by atoms with Gasteiger partial charge in [0.05, 0.1) is 4.92 Å². The van der Waals surface area contributed by atoms with Gasteiger partial charge >= 0.3 is 5.97 Å². The Labute approximate surface area is 171 Å². The van der Waals surface area contributed by atoms with Crippen molar-refractivity contribution in [2.24, 2.45) is 0 Å². The summed E-state index contributed by atoms with van der Waals surface area (Å²) >= 11 is 0. The SMILES string of the molecule is CC(=O)N[C@H](Cc1cccc(F)c1)C(=O)N[C@@H](Cc1ccccc1[N+](=O)[O-])C(=O)O. The number of carboxylic acids is 1. The molecule has 2 rings (SSSR count). The number of amides is 2. The first-order chi connectivity index (χ1) is 14.2. The average Bonchev–Trinajstić information content (AvgIpc) is 2.66. The van der Waals surface area contributed by atoms with Crippen molar-refractivity contribution in [3.63, 3.8) is 0 Å². The Balaban J connectivity index is 2.20. The fraction of sp³-hybridized carbons (Fsp3) is 0.250. The first kappa shape index (κ1) is 22.5. The number of carbonyl (C=O) groups excluding carboxylic acids is 2. The maximum absolute atomic E-state index is 13.4. The number of carbonyl (C=O) groups is 3. The number of nitro benzene ring substituents is 1. The number of halogens is 1. The molecule has 0 saturated carbocycles. The molecule has 0 aliphatic heterocycles. The second-order valence-corrected chi connectivity index (χ2v) is 6.58. The molecule has 0 aromatic heterocycles. The van der Waals surface area contributed by atoms with E-state index in [2.05, 4.69) is 10.6 Å². The fourth-order valence-corrected chi connectivity index (χ4v) is 2.91. The normalized spacial score (nSPS) is 12.5. The molecule has 0 spiro atoms. The van der Waals surface area contributed by atoms with E-state index in [1.54, 1.807) is 6.07 Å². The molecular formula is C20H20FN3O6. The average molecular weight is 417 g/mol. The van der Waals surface area contributed by atoms with E-state index in [1.807, 2.05) is 0 Å². The van der Waals surface area contributed by atoms with Gasteiger partial charge in [-0.25, -0.2) is 9.18 Å². The second kappa shape index (κ2) is 10.1. The van der Waals surface area contributed by atoms with Gasteiger partial charge in [0, 0.05) is 31.4 Å². The predicted molar refractivity (Wildman–Crippen MR) is 104 cm³/mol. The lowest BCUT2D eigenvalue weighted by Gasteiger charge is -2.21. The molecule has 9 nitrogen and oxygen atoms in total. The van der Waals surface area contributed by atoms with Crippen molar-refractivity contribution < 1.29 is 28.8 Å². The van der Waals surface area contributed by atoms with Gasteiger partial charge in [-0.2, -0.15) is 0 Å². The molecule has 10 heteroatoms. The Hall–Kier alpha value is -3.82. The van der Waals surface area contributed by atoms with Crippen LogP contribution in [-0.4, -0.2) is 39.9 Å². The molecule has 0 bridgehead atoms. The second-order valence-electron chi connectivity index (χ2n) is 6.58. The molecule has 0 radical (unpaired) electrons. The van der Waals surface area contributed by atoms with Crippen molar-refractivity contribution in [3.8, 4) is 0 Å². The quantitative estimate of drug-likeness (QED) is 0.418. The number of nitrogens with one attached hydrogen (secondary N) is 2. The van der Waals surface area contributed by atoms with Crippen molar-refractivity contribution in [2.75, 3.05) is 0 Å². The van der Waals surface area contributed by atoms with Crippen LogP contribution < -0.4 is 10.6 Å². The van der Waals surface area contributed by atoms with Crippen molar-refractivity contribution in [2.45, 2.75) is 31.8 Å². The summed E-state index contributed by atoms with van der Waals surface area (Å²) in [5, 5.41) is 25.3. The first-order valence-corrected chi connectivity index (χ1v) is 8.94. The van der Waals surface area contributed by atoms with Crippen LogP contribution in [0.3, 0.4) is 0 Å². The standard InChI is InChI=1S/C20H20FN3O6/c1-12(25)22-16(10-13-5-4-7-15(21)9-13)19(26)23-17(20(27)28)11-14-6-2-3-8-18(14)24(29)30/h2-9,16-17H,10-11H2,1H3,(H,22,25)(H,23,26)(H,27,28)/t16-,17+/m1/s1. The van der Waals surface area contributed by atoms with Crippen LogP contribution >= 0.6 is 0 Å². The lowest BCUT2D eigenvalue weighted by atomic mass is 10.0. The van der Waals surface area contributed by atoms with E-state index >= 15 is 0 Å². The van der Waals surface area contributed by atoms with Crippen LogP contribution in [0.2, 0.25) is 0 Å². The Kier molecular flexibility index (Phi) is 7.56. The zero-order valence-electron chi connectivity index (χ0n) is 16.0. The summed E-state index contributed by atoms with van der Waals surface area (Å²) in [6, 6.07) is 8.41. The minimum Gasteiger partial charge on any atom is -0.480 e. The highest BCUT2D eigenvalue weighted by Crippen LogP contribution is 2.19. The molecule has 2 amide bonds. The Morgan fingerprint density at radius 1 is 1.07 bits per heavy atom. The van der Waals surface area contributed by atoms with Gasteiger partial charge in [0.15, 0.2) is 0 Å². The molecular weight excluding hydrogens is 397 g/mol. The van der Waals surface area contributed by atoms with Gasteiger partial charge in [0.25, 0.3) is 5.69 Å². The van der Waals surface area contributed by atoms with Crippen molar-refractivity contribution in [1.29, 1.82) is 0 Å². The molecule has 0 unspecified atom stereocenters. The van der Waals surface area contributed by atoms with Crippen LogP contribution in [0.4, 0.5) is 10.1 Å². The van der Waals surface area contributed by atoms with Crippen LogP contribution in [0.5, 0.6) is 0 Å². The third-order valence-corrected chi connectivity index (χ3v) is 4.25. The van der Waals surface area contributed by atoms with E-state index in [-0.39, 0.29) is 24.1 Å². The number of para-hydroxylation sites is 1. The molecule has 2 atom stereocenters. The highest BCUT2D eigenvalue weighted by atomic mass is 19.1. The number of aliphatic carboxylic acids is 1. The van der Waals surface area contributed by atoms with Crippen LogP contribution in [0, 0.1) is 15.9 Å². The summed E-state index contributed by atoms with van der Waals surface area (Å²) in [5.41, 5.74) is 0.294. The van der Waals surface area contributed by atoms with Gasteiger partial charge < -0.3 is 15.7 Å². The van der Waals surface area contributed by atoms with Crippen LogP contribution in [0.15, 0.2) is 48.5 Å². The van der Waals surface area contributed by atoms with Gasteiger partial charge in [-0.1, -0.05) is 30.3 Å². The van der Waals surface area contributed by atoms with Crippen LogP contribution in [0.1, 0.15) is 18.1 Å². The number of carboxylic acid groups (broad SMARTS) is 1. The first-order valence-electron chi connectivity index (χ1n) is 8.94. The number of benzene rings is 2. The number of nitro groups is 1. The lowest BCUT2D eigenvalue weighted by Crippen LogP contribution is -2.52. The maximum atomic E-state index is 13.4. The highest BCUT2D eigenvalue weighted by molar-refractivity contribution is 5.90. The summed E-state index contributed by atoms with van der Waals surface area (Å²) in [4.78, 5) is 46.3. The van der Waals surface area contributed by atoms with Gasteiger partial charge in [0.1, 0.15) is 17.9 Å². The zero-order chi connectivity index (χ0) is 22.3. The fourth-order valence-electron chi connectivity index (χ4n) is 2.91. The largest absolute Gasteiger partial charge is 0.480 e. The van der Waals surface area contributed by atoms with Gasteiger partial charge in [0.2, 0.25) is 11.8 Å². The molecule has 0 saturated heterocycles. The van der Waals surface area contributed by atoms with Crippen molar-refractivity contribution in [1.82, 2.24) is 10.6 Å². The van der Waals surface area contributed by atoms with E-state index in [0.29, 0.717) is 5.56 Å². The van der Waals surface area contributed by atoms with Gasteiger partial charge in [-0.05, 0) is 17.7 Å². The third kappa shape index (κ3) is 6.36. The topological polar surface area (TPSA) is 139 Å². The Morgan fingerprint density at radius 2 is 1.77 bits per heavy atom. The minimum atomic E-state index is -1.47.